The van der Waals surface area contributed by atoms with E-state index in [0.29, 0.717) is 5.56 Å². The highest BCUT2D eigenvalue weighted by Crippen LogP contribution is 2.28. The van der Waals surface area contributed by atoms with Crippen LogP contribution in [-0.4, -0.2) is 22.6 Å². The van der Waals surface area contributed by atoms with Gasteiger partial charge in [-0.2, -0.15) is 0 Å². The lowest BCUT2D eigenvalue weighted by atomic mass is 9.76. The van der Waals surface area contributed by atoms with Crippen molar-refractivity contribution in [3.8, 4) is 0 Å². The van der Waals surface area contributed by atoms with E-state index in [4.69, 9.17) is 5.73 Å². The molecule has 1 unspecified atom stereocenters. The van der Waals surface area contributed by atoms with Gasteiger partial charge in [0.1, 0.15) is 5.41 Å². The second-order valence-corrected chi connectivity index (χ2v) is 4.96. The van der Waals surface area contributed by atoms with Gasteiger partial charge < -0.3 is 10.8 Å². The van der Waals surface area contributed by atoms with E-state index < -0.39 is 11.4 Å². The summed E-state index contributed by atoms with van der Waals surface area (Å²) < 4.78 is 0. The van der Waals surface area contributed by atoms with Crippen molar-refractivity contribution in [3.05, 3.63) is 65.5 Å². The van der Waals surface area contributed by atoms with E-state index in [1.165, 1.54) is 0 Å². The van der Waals surface area contributed by atoms with E-state index in [9.17, 15) is 9.90 Å². The highest BCUT2D eigenvalue weighted by Gasteiger charge is 2.39. The van der Waals surface area contributed by atoms with Gasteiger partial charge in [0, 0.05) is 24.9 Å². The van der Waals surface area contributed by atoms with Crippen LogP contribution in [0.1, 0.15) is 16.8 Å². The Balaban J connectivity index is 2.45. The molecule has 1 aromatic carbocycles. The monoisotopic (exact) mass is 270 g/mol. The molecule has 0 bridgehead atoms. The molecule has 1 heterocycles. The van der Waals surface area contributed by atoms with Crippen molar-refractivity contribution in [3.63, 3.8) is 0 Å². The van der Waals surface area contributed by atoms with Gasteiger partial charge in [-0.3, -0.25) is 9.78 Å². The summed E-state index contributed by atoms with van der Waals surface area (Å²) in [6.07, 6.45) is 1.94. The fourth-order valence-electron chi connectivity index (χ4n) is 2.26. The molecule has 1 aromatic heterocycles. The van der Waals surface area contributed by atoms with Gasteiger partial charge in [-0.1, -0.05) is 35.9 Å². The van der Waals surface area contributed by atoms with Crippen molar-refractivity contribution in [1.82, 2.24) is 4.98 Å². The number of rotatable bonds is 5. The van der Waals surface area contributed by atoms with Crippen molar-refractivity contribution < 1.29 is 9.90 Å². The van der Waals surface area contributed by atoms with Gasteiger partial charge in [-0.15, -0.1) is 0 Å². The topological polar surface area (TPSA) is 76.2 Å². The molecular weight excluding hydrogens is 252 g/mol. The van der Waals surface area contributed by atoms with Gasteiger partial charge in [-0.05, 0) is 24.6 Å². The Kier molecular flexibility index (Phi) is 4.15. The first-order chi connectivity index (χ1) is 9.58. The number of aromatic nitrogens is 1. The zero-order valence-electron chi connectivity index (χ0n) is 11.4. The van der Waals surface area contributed by atoms with Crippen molar-refractivity contribution in [2.24, 2.45) is 5.73 Å². The third kappa shape index (κ3) is 2.70. The van der Waals surface area contributed by atoms with E-state index in [1.54, 1.807) is 12.3 Å². The number of nitrogens with zero attached hydrogens (tertiary/aromatic N) is 1. The predicted octanol–water partition coefficient (Wildman–Crippen LogP) is 1.91. The van der Waals surface area contributed by atoms with Gasteiger partial charge in [0.15, 0.2) is 0 Å². The van der Waals surface area contributed by atoms with Gasteiger partial charge >= 0.3 is 5.97 Å². The number of carboxylic acid groups (broad SMARTS) is 1. The zero-order valence-corrected chi connectivity index (χ0v) is 11.4. The first-order valence-electron chi connectivity index (χ1n) is 6.49. The van der Waals surface area contributed by atoms with Crippen LogP contribution < -0.4 is 5.73 Å². The van der Waals surface area contributed by atoms with Crippen molar-refractivity contribution in [1.29, 1.82) is 0 Å². The summed E-state index contributed by atoms with van der Waals surface area (Å²) in [5, 5.41) is 9.70. The molecule has 2 aromatic rings. The molecule has 0 saturated heterocycles. The first kappa shape index (κ1) is 14.2. The molecule has 0 amide bonds. The average Bonchev–Trinajstić information content (AvgIpc) is 2.46. The summed E-state index contributed by atoms with van der Waals surface area (Å²) in [7, 11) is 0. The summed E-state index contributed by atoms with van der Waals surface area (Å²) >= 11 is 0. The van der Waals surface area contributed by atoms with Crippen LogP contribution >= 0.6 is 0 Å². The number of aryl methyl sites for hydroxylation is 1. The Hall–Kier alpha value is -2.20. The number of nitrogens with two attached hydrogens (primary N) is 1. The van der Waals surface area contributed by atoms with E-state index in [2.05, 4.69) is 4.98 Å². The smallest absolute Gasteiger partial charge is 0.315 e. The minimum Gasteiger partial charge on any atom is -0.481 e. The molecule has 2 rings (SSSR count). The van der Waals surface area contributed by atoms with E-state index in [0.717, 1.165) is 11.3 Å². The third-order valence-corrected chi connectivity index (χ3v) is 3.57. The number of carboxylic acids is 1. The lowest BCUT2D eigenvalue weighted by Crippen LogP contribution is -2.45. The Bertz CT molecular complexity index is 581. The lowest BCUT2D eigenvalue weighted by Gasteiger charge is -2.28. The van der Waals surface area contributed by atoms with Crippen molar-refractivity contribution >= 4 is 5.97 Å². The van der Waals surface area contributed by atoms with Gasteiger partial charge in [0.25, 0.3) is 0 Å². The molecule has 1 atom stereocenters. The molecule has 4 heteroatoms. The molecule has 0 radical (unpaired) electrons. The highest BCUT2D eigenvalue weighted by molar-refractivity contribution is 5.82. The highest BCUT2D eigenvalue weighted by atomic mass is 16.4. The molecule has 3 N–H and O–H groups in total. The minimum atomic E-state index is -1.14. The minimum absolute atomic E-state index is 0.0297. The molecule has 20 heavy (non-hydrogen) atoms. The molecule has 0 fully saturated rings. The number of hydrogen-bond acceptors (Lipinski definition) is 3. The Morgan fingerprint density at radius 1 is 1.25 bits per heavy atom. The Morgan fingerprint density at radius 3 is 2.45 bits per heavy atom. The number of carbonyl (C=O) groups is 1. The molecule has 0 aliphatic carbocycles. The van der Waals surface area contributed by atoms with Crippen LogP contribution in [0.3, 0.4) is 0 Å². The maximum absolute atomic E-state index is 11.8. The Morgan fingerprint density at radius 2 is 1.95 bits per heavy atom. The van der Waals surface area contributed by atoms with Crippen LogP contribution in [0, 0.1) is 6.92 Å². The number of aliphatic carboxylic acids is 1. The average molecular weight is 270 g/mol. The maximum atomic E-state index is 11.8. The van der Waals surface area contributed by atoms with E-state index in [1.807, 2.05) is 43.3 Å². The number of benzene rings is 1. The standard InChI is InChI=1S/C16H18N2O2/c1-12-5-7-13(8-6-12)16(11-17,15(19)20)10-14-4-2-3-9-18-14/h2-9H,10-11,17H2,1H3,(H,19,20). The second-order valence-electron chi connectivity index (χ2n) is 4.96. The lowest BCUT2D eigenvalue weighted by molar-refractivity contribution is -0.143. The molecule has 0 aliphatic rings. The summed E-state index contributed by atoms with van der Waals surface area (Å²) in [6, 6.07) is 12.9. The van der Waals surface area contributed by atoms with E-state index >= 15 is 0 Å². The summed E-state index contributed by atoms with van der Waals surface area (Å²) in [5.74, 6) is -0.922. The molecule has 0 spiro atoms. The van der Waals surface area contributed by atoms with Gasteiger partial charge in [-0.25, -0.2) is 0 Å². The van der Waals surface area contributed by atoms with Gasteiger partial charge in [0.05, 0.1) is 0 Å². The quantitative estimate of drug-likeness (QED) is 0.870. The summed E-state index contributed by atoms with van der Waals surface area (Å²) in [6.45, 7) is 2.00. The fourth-order valence-corrected chi connectivity index (χ4v) is 2.26. The van der Waals surface area contributed by atoms with Crippen molar-refractivity contribution in [2.75, 3.05) is 6.54 Å². The largest absolute Gasteiger partial charge is 0.481 e. The van der Waals surface area contributed by atoms with Crippen LogP contribution in [0.25, 0.3) is 0 Å². The van der Waals surface area contributed by atoms with Crippen LogP contribution in [0.2, 0.25) is 0 Å². The van der Waals surface area contributed by atoms with Crippen LogP contribution in [0.4, 0.5) is 0 Å². The van der Waals surface area contributed by atoms with Crippen LogP contribution in [-0.2, 0) is 16.6 Å². The zero-order chi connectivity index (χ0) is 14.6. The van der Waals surface area contributed by atoms with Crippen molar-refractivity contribution in [2.45, 2.75) is 18.8 Å². The molecular formula is C16H18N2O2. The molecule has 0 saturated carbocycles. The van der Waals surface area contributed by atoms with Crippen LogP contribution in [0.15, 0.2) is 48.7 Å². The normalized spacial score (nSPS) is 13.7. The molecule has 4 nitrogen and oxygen atoms in total. The SMILES string of the molecule is Cc1ccc(C(CN)(Cc2ccccn2)C(=O)O)cc1. The first-order valence-corrected chi connectivity index (χ1v) is 6.49. The summed E-state index contributed by atoms with van der Waals surface area (Å²) in [4.78, 5) is 16.1. The van der Waals surface area contributed by atoms with Crippen LogP contribution in [0.5, 0.6) is 0 Å². The summed E-state index contributed by atoms with van der Waals surface area (Å²) in [5.41, 5.74) is 7.20. The van der Waals surface area contributed by atoms with E-state index in [-0.39, 0.29) is 13.0 Å². The third-order valence-electron chi connectivity index (χ3n) is 3.57. The Labute approximate surface area is 118 Å². The predicted molar refractivity (Wildman–Crippen MR) is 77.5 cm³/mol. The fraction of sp³-hybridized carbons (Fsp3) is 0.250. The molecule has 104 valence electrons. The number of pyridine rings is 1. The second kappa shape index (κ2) is 5.84. The maximum Gasteiger partial charge on any atom is 0.315 e. The molecule has 0 aliphatic heterocycles. The number of hydrogen-bond donors (Lipinski definition) is 2. The van der Waals surface area contributed by atoms with Gasteiger partial charge in [0.2, 0.25) is 0 Å².